The number of carbonyl (C=O) groups excluding carboxylic acids is 2. The second-order valence-corrected chi connectivity index (χ2v) is 8.45. The van der Waals surface area contributed by atoms with Crippen molar-refractivity contribution in [2.75, 3.05) is 4.90 Å². The molecule has 166 valence electrons. The average molecular weight is 448 g/mol. The monoisotopic (exact) mass is 448 g/mol. The van der Waals surface area contributed by atoms with Gasteiger partial charge in [-0.15, -0.1) is 0 Å². The van der Waals surface area contributed by atoms with E-state index < -0.39 is 23.5 Å². The summed E-state index contributed by atoms with van der Waals surface area (Å²) < 4.78 is 5.81. The molecule has 0 aliphatic carbocycles. The molecule has 3 aromatic carbocycles. The number of amides is 1. The molecule has 0 spiro atoms. The zero-order valence-electron chi connectivity index (χ0n) is 18.3. The molecule has 2 aromatic heterocycles. The van der Waals surface area contributed by atoms with Crippen LogP contribution >= 0.6 is 0 Å². The van der Waals surface area contributed by atoms with Crippen molar-refractivity contribution in [3.63, 3.8) is 0 Å². The number of nitrogens with one attached hydrogen (secondary N) is 1. The number of ketones is 1. The highest BCUT2D eigenvalue weighted by atomic mass is 16.3. The van der Waals surface area contributed by atoms with E-state index in [-0.39, 0.29) is 11.3 Å². The smallest absolute Gasteiger partial charge is 0.294 e. The van der Waals surface area contributed by atoms with E-state index >= 15 is 0 Å². The van der Waals surface area contributed by atoms with Crippen molar-refractivity contribution < 1.29 is 19.1 Å². The molecule has 6 heteroatoms. The lowest BCUT2D eigenvalue weighted by Gasteiger charge is -2.26. The van der Waals surface area contributed by atoms with Crippen molar-refractivity contribution in [2.45, 2.75) is 13.0 Å². The number of aliphatic hydroxyl groups excluding tert-OH is 1. The lowest BCUT2D eigenvalue weighted by molar-refractivity contribution is -0.117. The van der Waals surface area contributed by atoms with Crippen LogP contribution in [0.3, 0.4) is 0 Å². The van der Waals surface area contributed by atoms with Gasteiger partial charge in [-0.05, 0) is 42.8 Å². The average Bonchev–Trinajstić information content (AvgIpc) is 3.53. The highest BCUT2D eigenvalue weighted by Crippen LogP contribution is 2.44. The molecule has 34 heavy (non-hydrogen) atoms. The molecule has 1 atom stereocenters. The number of benzene rings is 3. The Hall–Kier alpha value is -4.58. The van der Waals surface area contributed by atoms with Gasteiger partial charge in [-0.25, -0.2) is 0 Å². The number of fused-ring (bicyclic) bond motifs is 2. The summed E-state index contributed by atoms with van der Waals surface area (Å²) in [6.07, 6.45) is 1.79. The number of aryl methyl sites for hydroxylation is 1. The van der Waals surface area contributed by atoms with E-state index in [9.17, 15) is 14.7 Å². The quantitative estimate of drug-likeness (QED) is 0.330. The van der Waals surface area contributed by atoms with Crippen molar-refractivity contribution in [3.8, 4) is 0 Å². The molecule has 2 N–H and O–H groups in total. The van der Waals surface area contributed by atoms with E-state index in [0.29, 0.717) is 16.8 Å². The minimum absolute atomic E-state index is 0.00434. The molecule has 6 nitrogen and oxygen atoms in total. The number of para-hydroxylation sites is 2. The number of furan rings is 1. The number of Topliss-reactive ketones (excluding diaryl/α,β-unsaturated/α-hetero) is 1. The van der Waals surface area contributed by atoms with Gasteiger partial charge in [0.2, 0.25) is 5.78 Å². The third kappa shape index (κ3) is 2.96. The molecule has 0 radical (unpaired) electrons. The van der Waals surface area contributed by atoms with Gasteiger partial charge in [-0.3, -0.25) is 14.5 Å². The van der Waals surface area contributed by atoms with Gasteiger partial charge < -0.3 is 14.5 Å². The van der Waals surface area contributed by atoms with Crippen molar-refractivity contribution in [2.24, 2.45) is 0 Å². The van der Waals surface area contributed by atoms with Gasteiger partial charge in [0.15, 0.2) is 11.5 Å². The van der Waals surface area contributed by atoms with Gasteiger partial charge in [0.05, 0.1) is 11.6 Å². The number of aromatic amines is 1. The van der Waals surface area contributed by atoms with Crippen molar-refractivity contribution in [1.82, 2.24) is 4.98 Å². The third-order valence-electron chi connectivity index (χ3n) is 6.30. The van der Waals surface area contributed by atoms with Gasteiger partial charge >= 0.3 is 0 Å². The fraction of sp³-hybridized carbons (Fsp3) is 0.0714. The highest BCUT2D eigenvalue weighted by Gasteiger charge is 2.46. The Morgan fingerprint density at radius 1 is 1.00 bits per heavy atom. The maximum Gasteiger partial charge on any atom is 0.294 e. The van der Waals surface area contributed by atoms with E-state index in [0.717, 1.165) is 21.9 Å². The van der Waals surface area contributed by atoms with Crippen LogP contribution in [-0.2, 0) is 4.79 Å². The Bertz CT molecular complexity index is 1610. The normalized spacial score (nSPS) is 16.2. The van der Waals surface area contributed by atoms with E-state index in [1.807, 2.05) is 67.6 Å². The van der Waals surface area contributed by atoms with Crippen LogP contribution in [0.1, 0.15) is 27.7 Å². The predicted molar refractivity (Wildman–Crippen MR) is 130 cm³/mol. The number of aliphatic hydroxyl groups is 1. The van der Waals surface area contributed by atoms with Gasteiger partial charge in [-0.1, -0.05) is 48.5 Å². The van der Waals surface area contributed by atoms with E-state index in [2.05, 4.69) is 4.98 Å². The summed E-state index contributed by atoms with van der Waals surface area (Å²) in [7, 11) is 0. The standard InChI is InChI=1S/C28H20N2O4/c1-16-7-6-9-18(13-16)30-25(20-15-29-21-11-4-3-10-19(20)21)24(27(32)28(30)33)26(31)23-14-17-8-2-5-12-22(17)34-23/h2-15,25,29,32H,1H3. The number of hydrogen-bond donors (Lipinski definition) is 2. The van der Waals surface area contributed by atoms with Crippen LogP contribution in [0.15, 0.2) is 101 Å². The number of aromatic nitrogens is 1. The van der Waals surface area contributed by atoms with E-state index in [1.165, 1.54) is 4.90 Å². The van der Waals surface area contributed by atoms with E-state index in [4.69, 9.17) is 4.42 Å². The van der Waals surface area contributed by atoms with Gasteiger partial charge in [0.25, 0.3) is 5.91 Å². The molecule has 0 saturated carbocycles. The molecule has 0 bridgehead atoms. The highest BCUT2D eigenvalue weighted by molar-refractivity contribution is 6.21. The van der Waals surface area contributed by atoms with Crippen molar-refractivity contribution in [3.05, 3.63) is 113 Å². The maximum absolute atomic E-state index is 13.8. The zero-order valence-corrected chi connectivity index (χ0v) is 18.3. The number of H-pyrrole nitrogens is 1. The molecule has 1 amide bonds. The first kappa shape index (κ1) is 20.1. The first-order chi connectivity index (χ1) is 16.5. The van der Waals surface area contributed by atoms with Crippen LogP contribution in [0, 0.1) is 6.92 Å². The largest absolute Gasteiger partial charge is 0.503 e. The minimum Gasteiger partial charge on any atom is -0.503 e. The zero-order chi connectivity index (χ0) is 23.4. The van der Waals surface area contributed by atoms with Gasteiger partial charge in [0.1, 0.15) is 5.58 Å². The summed E-state index contributed by atoms with van der Waals surface area (Å²) in [5.41, 5.74) is 3.70. The van der Waals surface area contributed by atoms with Crippen LogP contribution in [0.2, 0.25) is 0 Å². The van der Waals surface area contributed by atoms with Crippen LogP contribution in [-0.4, -0.2) is 21.8 Å². The molecule has 6 rings (SSSR count). The first-order valence-electron chi connectivity index (χ1n) is 11.0. The molecule has 0 saturated heterocycles. The van der Waals surface area contributed by atoms with E-state index in [1.54, 1.807) is 24.4 Å². The summed E-state index contributed by atoms with van der Waals surface area (Å²) in [6, 6.07) is 23.2. The third-order valence-corrected chi connectivity index (χ3v) is 6.30. The van der Waals surface area contributed by atoms with Crippen LogP contribution in [0.5, 0.6) is 0 Å². The fourth-order valence-corrected chi connectivity index (χ4v) is 4.72. The molecule has 0 fully saturated rings. The molecular formula is C28H20N2O4. The number of nitrogens with zero attached hydrogens (tertiary/aromatic N) is 1. The summed E-state index contributed by atoms with van der Waals surface area (Å²) in [5, 5.41) is 12.7. The summed E-state index contributed by atoms with van der Waals surface area (Å²) in [6.45, 7) is 1.93. The Balaban J connectivity index is 1.56. The lowest BCUT2D eigenvalue weighted by Crippen LogP contribution is -2.31. The Labute approximate surface area is 194 Å². The molecule has 3 heterocycles. The first-order valence-corrected chi connectivity index (χ1v) is 11.0. The maximum atomic E-state index is 13.8. The summed E-state index contributed by atoms with van der Waals surface area (Å²) >= 11 is 0. The van der Waals surface area contributed by atoms with Crippen molar-refractivity contribution >= 4 is 39.2 Å². The fourth-order valence-electron chi connectivity index (χ4n) is 4.72. The van der Waals surface area contributed by atoms with Crippen LogP contribution in [0.4, 0.5) is 5.69 Å². The Morgan fingerprint density at radius 3 is 2.62 bits per heavy atom. The van der Waals surface area contributed by atoms with Crippen LogP contribution < -0.4 is 4.90 Å². The molecule has 1 aliphatic rings. The molecule has 1 aliphatic heterocycles. The predicted octanol–water partition coefficient (Wildman–Crippen LogP) is 6.01. The second-order valence-electron chi connectivity index (χ2n) is 8.45. The van der Waals surface area contributed by atoms with Gasteiger partial charge in [-0.2, -0.15) is 0 Å². The molecule has 5 aromatic rings. The van der Waals surface area contributed by atoms with Gasteiger partial charge in [0, 0.05) is 33.7 Å². The van der Waals surface area contributed by atoms with Crippen LogP contribution in [0.25, 0.3) is 21.9 Å². The summed E-state index contributed by atoms with van der Waals surface area (Å²) in [4.78, 5) is 31.9. The number of anilines is 1. The minimum atomic E-state index is -0.828. The number of rotatable bonds is 4. The van der Waals surface area contributed by atoms with Crippen molar-refractivity contribution in [1.29, 1.82) is 0 Å². The topological polar surface area (TPSA) is 86.5 Å². The number of hydrogen-bond acceptors (Lipinski definition) is 4. The number of carbonyl (C=O) groups is 2. The Morgan fingerprint density at radius 2 is 1.79 bits per heavy atom. The lowest BCUT2D eigenvalue weighted by atomic mass is 9.94. The molecular weight excluding hydrogens is 428 g/mol. The SMILES string of the molecule is Cc1cccc(N2C(=O)C(O)=C(C(=O)c3cc4ccccc4o3)C2c2c[nH]c3ccccc23)c1. The Kier molecular flexibility index (Phi) is 4.42. The molecule has 1 unspecified atom stereocenters. The summed E-state index contributed by atoms with van der Waals surface area (Å²) in [5.74, 6) is -1.64. The second kappa shape index (κ2) is 7.49.